The van der Waals surface area contributed by atoms with Crippen LogP contribution in [-0.2, 0) is 24.2 Å². The van der Waals surface area contributed by atoms with Gasteiger partial charge in [-0.1, -0.05) is 31.2 Å². The van der Waals surface area contributed by atoms with E-state index in [1.807, 2.05) is 0 Å². The first-order valence-electron chi connectivity index (χ1n) is 12.3. The Morgan fingerprint density at radius 1 is 1.21 bits per heavy atom. The van der Waals surface area contributed by atoms with Gasteiger partial charge in [0.05, 0.1) is 11.3 Å². The lowest BCUT2D eigenvalue weighted by atomic mass is 9.97. The Morgan fingerprint density at radius 3 is 2.97 bits per heavy atom. The highest BCUT2D eigenvalue weighted by Crippen LogP contribution is 2.32. The first-order valence-corrected chi connectivity index (χ1v) is 13.1. The lowest BCUT2D eigenvalue weighted by molar-refractivity contribution is -0.125. The molecule has 0 saturated carbocycles. The van der Waals surface area contributed by atoms with E-state index in [4.69, 9.17) is 0 Å². The molecule has 2 aliphatic heterocycles. The van der Waals surface area contributed by atoms with Crippen LogP contribution in [0.5, 0.6) is 0 Å². The zero-order valence-corrected chi connectivity index (χ0v) is 20.2. The van der Waals surface area contributed by atoms with Crippen molar-refractivity contribution in [3.63, 3.8) is 0 Å². The molecule has 2 aromatic heterocycles. The van der Waals surface area contributed by atoms with Crippen molar-refractivity contribution in [2.45, 2.75) is 45.6 Å². The lowest BCUT2D eigenvalue weighted by Gasteiger charge is -2.33. The Labute approximate surface area is 200 Å². The van der Waals surface area contributed by atoms with Crippen LogP contribution >= 0.6 is 11.3 Å². The number of amides is 1. The molecule has 2 aliphatic rings. The molecule has 1 fully saturated rings. The lowest BCUT2D eigenvalue weighted by Crippen LogP contribution is -2.44. The number of carbonyl (C=O) groups excluding carboxylic acids is 1. The molecule has 1 unspecified atom stereocenters. The molecule has 1 amide bonds. The first kappa shape index (κ1) is 22.3. The van der Waals surface area contributed by atoms with E-state index < -0.39 is 0 Å². The van der Waals surface area contributed by atoms with E-state index in [0.717, 1.165) is 87.4 Å². The molecule has 6 nitrogen and oxygen atoms in total. The second kappa shape index (κ2) is 10.2. The molecule has 7 heteroatoms. The fraction of sp³-hybridized carbons (Fsp3) is 0.500. The number of fused-ring (bicyclic) bond motifs is 2. The third-order valence-electron chi connectivity index (χ3n) is 6.96. The monoisotopic (exact) mass is 463 g/mol. The zero-order valence-electron chi connectivity index (χ0n) is 19.4. The van der Waals surface area contributed by atoms with Crippen molar-refractivity contribution in [3.05, 3.63) is 52.7 Å². The number of aromatic nitrogens is 2. The topological polar surface area (TPSA) is 61.4 Å². The van der Waals surface area contributed by atoms with E-state index in [1.54, 1.807) is 17.7 Å². The number of nitrogens with one attached hydrogen (secondary N) is 1. The number of carbonyl (C=O) groups is 1. The highest BCUT2D eigenvalue weighted by Gasteiger charge is 2.27. The van der Waals surface area contributed by atoms with Gasteiger partial charge in [0.15, 0.2) is 0 Å². The van der Waals surface area contributed by atoms with Gasteiger partial charge in [-0.15, -0.1) is 11.3 Å². The Balaban J connectivity index is 1.12. The molecule has 0 aliphatic carbocycles. The van der Waals surface area contributed by atoms with Crippen LogP contribution < -0.4 is 10.2 Å². The van der Waals surface area contributed by atoms with Crippen LogP contribution in [0.1, 0.15) is 42.2 Å². The van der Waals surface area contributed by atoms with E-state index in [1.165, 1.54) is 16.0 Å². The maximum Gasteiger partial charge on any atom is 0.224 e. The van der Waals surface area contributed by atoms with Gasteiger partial charge in [-0.2, -0.15) is 0 Å². The second-order valence-electron chi connectivity index (χ2n) is 9.21. The summed E-state index contributed by atoms with van der Waals surface area (Å²) in [5.41, 5.74) is 2.93. The average Bonchev–Trinajstić information content (AvgIpc) is 3.30. The standard InChI is InChI=1S/C26H33N5OS/c1-2-22-15-23-24(28-18-29-26(23)33-22)31-13-5-9-21(17-31)25(32)27-11-6-12-30-14-10-19-7-3-4-8-20(19)16-30/h3-4,7-8,15,18,21H,2,5-6,9-14,16-17H2,1H3,(H,27,32). The molecule has 1 atom stereocenters. The molecule has 1 saturated heterocycles. The number of benzene rings is 1. The van der Waals surface area contributed by atoms with Crippen LogP contribution in [0.4, 0.5) is 5.82 Å². The van der Waals surface area contributed by atoms with E-state index in [2.05, 4.69) is 62.3 Å². The Bertz CT molecular complexity index is 1110. The van der Waals surface area contributed by atoms with Crippen molar-refractivity contribution in [1.29, 1.82) is 0 Å². The van der Waals surface area contributed by atoms with Gasteiger partial charge < -0.3 is 10.2 Å². The van der Waals surface area contributed by atoms with Crippen molar-refractivity contribution < 1.29 is 4.79 Å². The molecule has 0 bridgehead atoms. The van der Waals surface area contributed by atoms with Gasteiger partial charge >= 0.3 is 0 Å². The summed E-state index contributed by atoms with van der Waals surface area (Å²) in [6, 6.07) is 11.0. The molecule has 1 aromatic carbocycles. The summed E-state index contributed by atoms with van der Waals surface area (Å²) < 4.78 is 0. The summed E-state index contributed by atoms with van der Waals surface area (Å²) in [5, 5.41) is 4.34. The van der Waals surface area contributed by atoms with Crippen LogP contribution in [0.2, 0.25) is 0 Å². The number of hydrogen-bond donors (Lipinski definition) is 1. The average molecular weight is 464 g/mol. The third kappa shape index (κ3) is 5.04. The minimum atomic E-state index is 0.0231. The number of anilines is 1. The van der Waals surface area contributed by atoms with Gasteiger partial charge in [0.25, 0.3) is 0 Å². The fourth-order valence-corrected chi connectivity index (χ4v) is 6.04. The largest absolute Gasteiger partial charge is 0.356 e. The second-order valence-corrected chi connectivity index (χ2v) is 10.3. The smallest absolute Gasteiger partial charge is 0.224 e. The number of piperidine rings is 1. The van der Waals surface area contributed by atoms with Crippen molar-refractivity contribution in [2.24, 2.45) is 5.92 Å². The summed E-state index contributed by atoms with van der Waals surface area (Å²) >= 11 is 1.74. The van der Waals surface area contributed by atoms with Crippen molar-refractivity contribution in [3.8, 4) is 0 Å². The van der Waals surface area contributed by atoms with Crippen LogP contribution in [0, 0.1) is 5.92 Å². The van der Waals surface area contributed by atoms with Gasteiger partial charge in [0.2, 0.25) is 5.91 Å². The summed E-state index contributed by atoms with van der Waals surface area (Å²) in [6.07, 6.45) is 6.75. The Morgan fingerprint density at radius 2 is 2.09 bits per heavy atom. The number of thiophene rings is 1. The molecule has 1 N–H and O–H groups in total. The molecule has 174 valence electrons. The maximum absolute atomic E-state index is 12.9. The quantitative estimate of drug-likeness (QED) is 0.536. The molecule has 0 radical (unpaired) electrons. The minimum absolute atomic E-state index is 0.0231. The summed E-state index contributed by atoms with van der Waals surface area (Å²) in [7, 11) is 0. The van der Waals surface area contributed by atoms with Gasteiger partial charge in [-0.25, -0.2) is 9.97 Å². The zero-order chi connectivity index (χ0) is 22.6. The summed E-state index contributed by atoms with van der Waals surface area (Å²) in [6.45, 7) is 7.76. The molecule has 5 rings (SSSR count). The summed E-state index contributed by atoms with van der Waals surface area (Å²) in [4.78, 5) is 29.1. The molecule has 0 spiro atoms. The Hall–Kier alpha value is -2.51. The number of rotatable bonds is 7. The van der Waals surface area contributed by atoms with Gasteiger partial charge in [-0.05, 0) is 49.3 Å². The van der Waals surface area contributed by atoms with E-state index in [0.29, 0.717) is 0 Å². The maximum atomic E-state index is 12.9. The molecule has 4 heterocycles. The summed E-state index contributed by atoms with van der Waals surface area (Å²) in [5.74, 6) is 1.20. The van der Waals surface area contributed by atoms with E-state index >= 15 is 0 Å². The highest BCUT2D eigenvalue weighted by atomic mass is 32.1. The predicted molar refractivity (Wildman–Crippen MR) is 135 cm³/mol. The van der Waals surface area contributed by atoms with Crippen molar-refractivity contribution in [1.82, 2.24) is 20.2 Å². The van der Waals surface area contributed by atoms with E-state index in [9.17, 15) is 4.79 Å². The van der Waals surface area contributed by atoms with Crippen molar-refractivity contribution >= 4 is 33.3 Å². The van der Waals surface area contributed by atoms with E-state index in [-0.39, 0.29) is 11.8 Å². The number of nitrogens with zero attached hydrogens (tertiary/aromatic N) is 4. The van der Waals surface area contributed by atoms with Gasteiger partial charge in [-0.3, -0.25) is 9.69 Å². The molecular formula is C26H33N5OS. The van der Waals surface area contributed by atoms with Crippen LogP contribution in [0.3, 0.4) is 0 Å². The highest BCUT2D eigenvalue weighted by molar-refractivity contribution is 7.18. The van der Waals surface area contributed by atoms with Crippen LogP contribution in [-0.4, -0.2) is 53.5 Å². The number of hydrogen-bond acceptors (Lipinski definition) is 6. The van der Waals surface area contributed by atoms with Gasteiger partial charge in [0, 0.05) is 44.1 Å². The normalized spacial score (nSPS) is 18.9. The minimum Gasteiger partial charge on any atom is -0.356 e. The fourth-order valence-electron chi connectivity index (χ4n) is 5.11. The SMILES string of the molecule is CCc1cc2c(N3CCCC(C(=O)NCCCN4CCc5ccccc5C4)C3)ncnc2s1. The third-order valence-corrected chi connectivity index (χ3v) is 8.15. The Kier molecular flexibility index (Phi) is 6.88. The van der Waals surface area contributed by atoms with Crippen LogP contribution in [0.25, 0.3) is 10.2 Å². The van der Waals surface area contributed by atoms with Gasteiger partial charge in [0.1, 0.15) is 17.0 Å². The van der Waals surface area contributed by atoms with Crippen molar-refractivity contribution in [2.75, 3.05) is 37.6 Å². The number of aryl methyl sites for hydroxylation is 1. The molecule has 3 aromatic rings. The molecule has 33 heavy (non-hydrogen) atoms. The molecular weight excluding hydrogens is 430 g/mol. The van der Waals surface area contributed by atoms with Crippen LogP contribution in [0.15, 0.2) is 36.7 Å². The predicted octanol–water partition coefficient (Wildman–Crippen LogP) is 4.03. The first-order chi connectivity index (χ1) is 16.2.